The molecular weight excluding hydrogens is 290 g/mol. The maximum absolute atomic E-state index is 12.1. The molecule has 0 aromatic heterocycles. The molecule has 0 radical (unpaired) electrons. The maximum atomic E-state index is 12.1. The number of carbonyl (C=O) groups excluding carboxylic acids is 2. The summed E-state index contributed by atoms with van der Waals surface area (Å²) >= 11 is 0. The maximum Gasteiger partial charge on any atom is 0.268 e. The molecule has 0 saturated carbocycles. The fourth-order valence-electron chi connectivity index (χ4n) is 1.18. The van der Waals surface area contributed by atoms with Crippen molar-refractivity contribution in [2.75, 3.05) is 13.6 Å². The third-order valence-electron chi connectivity index (χ3n) is 2.59. The number of hydrazone groups is 1. The summed E-state index contributed by atoms with van der Waals surface area (Å²) in [5, 5.41) is 8.01. The van der Waals surface area contributed by atoms with Crippen LogP contribution in [0.4, 0.5) is 0 Å². The summed E-state index contributed by atoms with van der Waals surface area (Å²) in [5.74, 6) is 15.2. The summed E-state index contributed by atoms with van der Waals surface area (Å²) in [4.78, 5) is 23.4. The lowest BCUT2D eigenvalue weighted by Gasteiger charge is -2.28. The molecule has 11 nitrogen and oxygen atoms in total. The predicted molar refractivity (Wildman–Crippen MR) is 82.5 cm³/mol. The molecule has 22 heavy (non-hydrogen) atoms. The van der Waals surface area contributed by atoms with Crippen molar-refractivity contribution in [3.05, 3.63) is 11.5 Å². The van der Waals surface area contributed by atoms with Crippen molar-refractivity contribution in [1.29, 1.82) is 0 Å². The molecule has 11 N–H and O–H groups in total. The first kappa shape index (κ1) is 19.5. The van der Waals surface area contributed by atoms with Gasteiger partial charge in [-0.1, -0.05) is 20.8 Å². The standard InChI is InChI=1S/C11H25N9O2/c1-11(2,3)10(22)17-9(7(12)8(13)21)20(16)5-6(18-14)19(4)15/h5,12,14-16H2,1-4H3,(H2,13,21)(H,17,22)/b9-7-,18-6-. The van der Waals surface area contributed by atoms with E-state index in [9.17, 15) is 9.59 Å². The van der Waals surface area contributed by atoms with Crippen molar-refractivity contribution >= 4 is 17.6 Å². The van der Waals surface area contributed by atoms with Gasteiger partial charge < -0.3 is 22.6 Å². The van der Waals surface area contributed by atoms with Gasteiger partial charge in [-0.2, -0.15) is 5.10 Å². The highest BCUT2D eigenvalue weighted by Crippen LogP contribution is 2.14. The van der Waals surface area contributed by atoms with E-state index in [1.165, 1.54) is 7.05 Å². The van der Waals surface area contributed by atoms with Crippen molar-refractivity contribution in [3.63, 3.8) is 0 Å². The second kappa shape index (κ2) is 7.47. The second-order valence-corrected chi connectivity index (χ2v) is 5.61. The third-order valence-corrected chi connectivity index (χ3v) is 2.59. The van der Waals surface area contributed by atoms with Crippen molar-refractivity contribution in [3.8, 4) is 0 Å². The quantitative estimate of drug-likeness (QED) is 0.101. The number of carbonyl (C=O) groups is 2. The molecule has 11 heteroatoms. The largest absolute Gasteiger partial charge is 0.391 e. The Hall–Kier alpha value is -2.53. The van der Waals surface area contributed by atoms with Gasteiger partial charge >= 0.3 is 0 Å². The molecular formula is C11H25N9O2. The minimum absolute atomic E-state index is 0.114. The van der Waals surface area contributed by atoms with E-state index in [0.29, 0.717) is 0 Å². The molecule has 0 bridgehead atoms. The number of hydrazine groups is 2. The van der Waals surface area contributed by atoms with Gasteiger partial charge in [0.25, 0.3) is 5.91 Å². The molecule has 0 aromatic carbocycles. The number of likely N-dealkylation sites (N-methyl/N-ethyl adjacent to an activating group) is 1. The molecule has 0 aliphatic heterocycles. The second-order valence-electron chi connectivity index (χ2n) is 5.61. The minimum Gasteiger partial charge on any atom is -0.391 e. The first-order valence-electron chi connectivity index (χ1n) is 6.30. The zero-order valence-electron chi connectivity index (χ0n) is 13.3. The van der Waals surface area contributed by atoms with E-state index < -0.39 is 22.9 Å². The Morgan fingerprint density at radius 1 is 1.18 bits per heavy atom. The highest BCUT2D eigenvalue weighted by atomic mass is 16.2. The van der Waals surface area contributed by atoms with Gasteiger partial charge in [-0.25, -0.2) is 11.7 Å². The number of nitrogens with zero attached hydrogens (tertiary/aromatic N) is 3. The average molecular weight is 315 g/mol. The van der Waals surface area contributed by atoms with Gasteiger partial charge in [0.15, 0.2) is 11.7 Å². The Labute approximate surface area is 129 Å². The van der Waals surface area contributed by atoms with E-state index >= 15 is 0 Å². The molecule has 0 unspecified atom stereocenters. The van der Waals surface area contributed by atoms with E-state index in [1.807, 2.05) is 0 Å². The molecule has 0 aliphatic carbocycles. The summed E-state index contributed by atoms with van der Waals surface area (Å²) in [7, 11) is 1.49. The van der Waals surface area contributed by atoms with Crippen LogP contribution in [-0.2, 0) is 9.59 Å². The van der Waals surface area contributed by atoms with Gasteiger partial charge in [0.2, 0.25) is 5.91 Å². The molecule has 0 aromatic rings. The van der Waals surface area contributed by atoms with E-state index in [0.717, 1.165) is 10.0 Å². The van der Waals surface area contributed by atoms with Crippen LogP contribution >= 0.6 is 0 Å². The van der Waals surface area contributed by atoms with Crippen molar-refractivity contribution in [2.24, 2.45) is 39.5 Å². The summed E-state index contributed by atoms with van der Waals surface area (Å²) < 4.78 is 0. The fourth-order valence-corrected chi connectivity index (χ4v) is 1.18. The van der Waals surface area contributed by atoms with E-state index in [-0.39, 0.29) is 18.2 Å². The van der Waals surface area contributed by atoms with Gasteiger partial charge in [0, 0.05) is 12.5 Å². The van der Waals surface area contributed by atoms with Crippen LogP contribution in [0.5, 0.6) is 0 Å². The predicted octanol–water partition coefficient (Wildman–Crippen LogP) is -2.98. The Morgan fingerprint density at radius 3 is 2.00 bits per heavy atom. The van der Waals surface area contributed by atoms with Gasteiger partial charge in [0.1, 0.15) is 5.70 Å². The minimum atomic E-state index is -0.938. The zero-order valence-corrected chi connectivity index (χ0v) is 13.3. The van der Waals surface area contributed by atoms with Crippen LogP contribution < -0.4 is 34.3 Å². The molecule has 0 saturated heterocycles. The van der Waals surface area contributed by atoms with Gasteiger partial charge in [-0.15, -0.1) is 0 Å². The van der Waals surface area contributed by atoms with Crippen molar-refractivity contribution < 1.29 is 9.59 Å². The number of amidine groups is 1. The monoisotopic (exact) mass is 315 g/mol. The van der Waals surface area contributed by atoms with Crippen molar-refractivity contribution in [2.45, 2.75) is 20.8 Å². The molecule has 126 valence electrons. The van der Waals surface area contributed by atoms with Crippen LogP contribution in [-0.4, -0.2) is 41.3 Å². The molecule has 0 atom stereocenters. The summed E-state index contributed by atoms with van der Waals surface area (Å²) in [6.45, 7) is 4.93. The Bertz CT molecular complexity index is 490. The molecule has 0 aliphatic rings. The van der Waals surface area contributed by atoms with Crippen LogP contribution in [0, 0.1) is 5.41 Å². The molecule has 2 amide bonds. The lowest BCUT2D eigenvalue weighted by atomic mass is 9.96. The molecule has 0 fully saturated rings. The number of nitrogens with one attached hydrogen (secondary N) is 1. The third kappa shape index (κ3) is 5.46. The summed E-state index contributed by atoms with van der Waals surface area (Å²) in [6.07, 6.45) is 0. The lowest BCUT2D eigenvalue weighted by molar-refractivity contribution is -0.128. The van der Waals surface area contributed by atoms with Gasteiger partial charge in [0.05, 0.1) is 6.54 Å². The van der Waals surface area contributed by atoms with Crippen LogP contribution in [0.2, 0.25) is 0 Å². The molecule has 0 spiro atoms. The SMILES string of the molecule is CN(N)/C(CN(N)/C(NC(=O)C(C)(C)C)=C(\N)C(N)=O)=N\N. The first-order chi connectivity index (χ1) is 9.91. The Kier molecular flexibility index (Phi) is 6.61. The Balaban J connectivity index is 5.50. The fraction of sp³-hybridized carbons (Fsp3) is 0.545. The van der Waals surface area contributed by atoms with Crippen LogP contribution in [0.3, 0.4) is 0 Å². The number of primary amides is 1. The van der Waals surface area contributed by atoms with Gasteiger partial charge in [-0.05, 0) is 0 Å². The van der Waals surface area contributed by atoms with Crippen LogP contribution in [0.15, 0.2) is 16.6 Å². The van der Waals surface area contributed by atoms with E-state index in [2.05, 4.69) is 10.4 Å². The van der Waals surface area contributed by atoms with Crippen molar-refractivity contribution in [1.82, 2.24) is 15.3 Å². The number of rotatable bonds is 5. The smallest absolute Gasteiger partial charge is 0.268 e. The number of nitrogens with two attached hydrogens (primary N) is 5. The highest BCUT2D eigenvalue weighted by Gasteiger charge is 2.26. The average Bonchev–Trinajstić information content (AvgIpc) is 2.38. The summed E-state index contributed by atoms with van der Waals surface area (Å²) in [5.41, 5.74) is 9.59. The number of amides is 2. The van der Waals surface area contributed by atoms with Crippen LogP contribution in [0.1, 0.15) is 20.8 Å². The Morgan fingerprint density at radius 2 is 1.68 bits per heavy atom. The number of hydrogen-bond acceptors (Lipinski definition) is 8. The zero-order chi connectivity index (χ0) is 17.7. The van der Waals surface area contributed by atoms with Gasteiger partial charge in [-0.3, -0.25) is 19.6 Å². The molecule has 0 heterocycles. The molecule has 0 rings (SSSR count). The summed E-state index contributed by atoms with van der Waals surface area (Å²) in [6, 6.07) is 0. The normalized spacial score (nSPS) is 13.3. The topological polar surface area (TPSA) is 195 Å². The lowest BCUT2D eigenvalue weighted by Crippen LogP contribution is -2.51. The highest BCUT2D eigenvalue weighted by molar-refractivity contribution is 5.93. The van der Waals surface area contributed by atoms with Crippen LogP contribution in [0.25, 0.3) is 0 Å². The van der Waals surface area contributed by atoms with E-state index in [1.54, 1.807) is 20.8 Å². The van der Waals surface area contributed by atoms with E-state index in [4.69, 9.17) is 29.0 Å². The number of hydrogen-bond donors (Lipinski definition) is 6. The first-order valence-corrected chi connectivity index (χ1v) is 6.30.